The number of halogens is 1. The zero-order chi connectivity index (χ0) is 14.5. The van der Waals surface area contributed by atoms with E-state index < -0.39 is 0 Å². The molecule has 3 nitrogen and oxygen atoms in total. The van der Waals surface area contributed by atoms with E-state index in [0.29, 0.717) is 0 Å². The summed E-state index contributed by atoms with van der Waals surface area (Å²) in [5.74, 6) is 0.834. The second kappa shape index (κ2) is 7.29. The van der Waals surface area contributed by atoms with Gasteiger partial charge in [0.1, 0.15) is 0 Å². The van der Waals surface area contributed by atoms with Crippen molar-refractivity contribution in [2.45, 2.75) is 33.6 Å². The minimum atomic E-state index is 0.834. The number of hydrogen-bond acceptors (Lipinski definition) is 4. The number of hydrogen-bond donors (Lipinski definition) is 1. The summed E-state index contributed by atoms with van der Waals surface area (Å²) in [5, 5.41) is 3.43. The van der Waals surface area contributed by atoms with Gasteiger partial charge in [-0.15, -0.1) is 11.3 Å². The van der Waals surface area contributed by atoms with Gasteiger partial charge >= 0.3 is 0 Å². The summed E-state index contributed by atoms with van der Waals surface area (Å²) < 4.78 is 1.11. The Kier molecular flexibility index (Phi) is 5.69. The standard InChI is InChI=1S/C15H20BrN3S/c1-4-8-17-9-7-12-10(2)18-15(19-11(12)3)13-5-6-14(16)20-13/h5-6,17H,4,7-9H2,1-3H3. The minimum absolute atomic E-state index is 0.834. The second-order valence-corrected chi connectivity index (χ2v) is 7.26. The first-order valence-corrected chi connectivity index (χ1v) is 8.53. The molecule has 0 amide bonds. The minimum Gasteiger partial charge on any atom is -0.316 e. The molecule has 0 aliphatic heterocycles. The van der Waals surface area contributed by atoms with E-state index in [1.807, 2.05) is 6.07 Å². The fourth-order valence-corrected chi connectivity index (χ4v) is 3.48. The zero-order valence-electron chi connectivity index (χ0n) is 12.2. The lowest BCUT2D eigenvalue weighted by atomic mass is 10.1. The molecular formula is C15H20BrN3S. The highest BCUT2D eigenvalue weighted by Crippen LogP contribution is 2.29. The highest BCUT2D eigenvalue weighted by atomic mass is 79.9. The van der Waals surface area contributed by atoms with Crippen LogP contribution in [0.5, 0.6) is 0 Å². The molecule has 0 atom stereocenters. The van der Waals surface area contributed by atoms with E-state index in [2.05, 4.69) is 58.1 Å². The third kappa shape index (κ3) is 3.87. The summed E-state index contributed by atoms with van der Waals surface area (Å²) >= 11 is 5.15. The molecule has 0 unspecified atom stereocenters. The van der Waals surface area contributed by atoms with Gasteiger partial charge in [-0.2, -0.15) is 0 Å². The molecule has 2 aromatic rings. The lowest BCUT2D eigenvalue weighted by molar-refractivity contribution is 0.666. The molecule has 108 valence electrons. The van der Waals surface area contributed by atoms with Crippen LogP contribution in [0, 0.1) is 13.8 Å². The Hall–Kier alpha value is -0.780. The molecule has 0 aliphatic rings. The topological polar surface area (TPSA) is 37.8 Å². The molecule has 20 heavy (non-hydrogen) atoms. The Balaban J connectivity index is 2.16. The Morgan fingerprint density at radius 3 is 2.40 bits per heavy atom. The SMILES string of the molecule is CCCNCCc1c(C)nc(-c2ccc(Br)s2)nc1C. The number of nitrogens with zero attached hydrogens (tertiary/aromatic N) is 2. The molecule has 2 aromatic heterocycles. The van der Waals surface area contributed by atoms with Crippen molar-refractivity contribution in [3.8, 4) is 10.7 Å². The van der Waals surface area contributed by atoms with Gasteiger partial charge in [0.25, 0.3) is 0 Å². The van der Waals surface area contributed by atoms with Gasteiger partial charge in [-0.1, -0.05) is 6.92 Å². The lowest BCUT2D eigenvalue weighted by Gasteiger charge is -2.10. The lowest BCUT2D eigenvalue weighted by Crippen LogP contribution is -2.19. The van der Waals surface area contributed by atoms with Crippen LogP contribution < -0.4 is 5.32 Å². The molecule has 0 saturated carbocycles. The van der Waals surface area contributed by atoms with Gasteiger partial charge in [-0.3, -0.25) is 0 Å². The molecule has 2 rings (SSSR count). The van der Waals surface area contributed by atoms with E-state index in [-0.39, 0.29) is 0 Å². The van der Waals surface area contributed by atoms with Crippen molar-refractivity contribution in [2.24, 2.45) is 0 Å². The number of thiophene rings is 1. The Morgan fingerprint density at radius 2 is 1.85 bits per heavy atom. The van der Waals surface area contributed by atoms with E-state index in [1.54, 1.807) is 11.3 Å². The van der Waals surface area contributed by atoms with E-state index in [9.17, 15) is 0 Å². The van der Waals surface area contributed by atoms with Crippen molar-refractivity contribution in [3.63, 3.8) is 0 Å². The van der Waals surface area contributed by atoms with Crippen LogP contribution in [0.25, 0.3) is 10.7 Å². The normalized spacial score (nSPS) is 11.0. The van der Waals surface area contributed by atoms with Gasteiger partial charge in [-0.05, 0) is 73.4 Å². The Morgan fingerprint density at radius 1 is 1.15 bits per heavy atom. The first kappa shape index (κ1) is 15.6. The van der Waals surface area contributed by atoms with Gasteiger partial charge in [0.2, 0.25) is 0 Å². The van der Waals surface area contributed by atoms with Crippen LogP contribution in [-0.4, -0.2) is 23.1 Å². The second-order valence-electron chi connectivity index (χ2n) is 4.80. The number of rotatable bonds is 6. The predicted molar refractivity (Wildman–Crippen MR) is 89.4 cm³/mol. The van der Waals surface area contributed by atoms with Crippen LogP contribution in [0.15, 0.2) is 15.9 Å². The highest BCUT2D eigenvalue weighted by molar-refractivity contribution is 9.11. The first-order chi connectivity index (χ1) is 9.61. The average molecular weight is 354 g/mol. The number of nitrogens with one attached hydrogen (secondary N) is 1. The fraction of sp³-hybridized carbons (Fsp3) is 0.467. The summed E-state index contributed by atoms with van der Waals surface area (Å²) in [6, 6.07) is 4.10. The summed E-state index contributed by atoms with van der Waals surface area (Å²) in [6.45, 7) is 8.40. The molecule has 0 spiro atoms. The largest absolute Gasteiger partial charge is 0.316 e. The van der Waals surface area contributed by atoms with Crippen molar-refractivity contribution < 1.29 is 0 Å². The van der Waals surface area contributed by atoms with Crippen molar-refractivity contribution in [1.29, 1.82) is 0 Å². The molecule has 5 heteroatoms. The molecular weight excluding hydrogens is 334 g/mol. The molecule has 0 aliphatic carbocycles. The fourth-order valence-electron chi connectivity index (χ4n) is 2.16. The maximum absolute atomic E-state index is 4.67. The van der Waals surface area contributed by atoms with Crippen LogP contribution in [0.3, 0.4) is 0 Å². The third-order valence-corrected chi connectivity index (χ3v) is 4.81. The molecule has 0 radical (unpaired) electrons. The average Bonchev–Trinajstić information content (AvgIpc) is 2.83. The van der Waals surface area contributed by atoms with Crippen molar-refractivity contribution in [2.75, 3.05) is 13.1 Å². The van der Waals surface area contributed by atoms with Crippen molar-refractivity contribution in [1.82, 2.24) is 15.3 Å². The molecule has 0 fully saturated rings. The van der Waals surface area contributed by atoms with Crippen LogP contribution in [0.4, 0.5) is 0 Å². The number of aromatic nitrogens is 2. The van der Waals surface area contributed by atoms with Gasteiger partial charge in [0.05, 0.1) is 8.66 Å². The van der Waals surface area contributed by atoms with Crippen molar-refractivity contribution in [3.05, 3.63) is 32.9 Å². The van der Waals surface area contributed by atoms with Crippen molar-refractivity contribution >= 4 is 27.3 Å². The van der Waals surface area contributed by atoms with E-state index in [4.69, 9.17) is 0 Å². The van der Waals surface area contributed by atoms with Crippen LogP contribution in [0.1, 0.15) is 30.3 Å². The first-order valence-electron chi connectivity index (χ1n) is 6.92. The summed E-state index contributed by atoms with van der Waals surface area (Å²) in [6.07, 6.45) is 2.16. The van der Waals surface area contributed by atoms with E-state index in [0.717, 1.165) is 45.4 Å². The summed E-state index contributed by atoms with van der Waals surface area (Å²) in [7, 11) is 0. The van der Waals surface area contributed by atoms with Crippen LogP contribution in [0.2, 0.25) is 0 Å². The smallest absolute Gasteiger partial charge is 0.169 e. The summed E-state index contributed by atoms with van der Waals surface area (Å²) in [4.78, 5) is 10.4. The molecule has 2 heterocycles. The van der Waals surface area contributed by atoms with Gasteiger partial charge < -0.3 is 5.32 Å². The third-order valence-electron chi connectivity index (χ3n) is 3.19. The number of aryl methyl sites for hydroxylation is 2. The molecule has 0 saturated heterocycles. The molecule has 0 bridgehead atoms. The van der Waals surface area contributed by atoms with Gasteiger partial charge in [0, 0.05) is 11.4 Å². The highest BCUT2D eigenvalue weighted by Gasteiger charge is 2.11. The maximum Gasteiger partial charge on any atom is 0.169 e. The maximum atomic E-state index is 4.67. The quantitative estimate of drug-likeness (QED) is 0.793. The van der Waals surface area contributed by atoms with Gasteiger partial charge in [-0.25, -0.2) is 9.97 Å². The van der Waals surface area contributed by atoms with Crippen LogP contribution in [-0.2, 0) is 6.42 Å². The predicted octanol–water partition coefficient (Wildman–Crippen LogP) is 4.13. The van der Waals surface area contributed by atoms with E-state index in [1.165, 1.54) is 12.0 Å². The Bertz CT molecular complexity index is 557. The monoisotopic (exact) mass is 353 g/mol. The Labute approximate surface area is 133 Å². The van der Waals surface area contributed by atoms with Gasteiger partial charge in [0.15, 0.2) is 5.82 Å². The van der Waals surface area contributed by atoms with Crippen LogP contribution >= 0.6 is 27.3 Å². The molecule has 0 aromatic carbocycles. The molecule has 1 N–H and O–H groups in total. The zero-order valence-corrected chi connectivity index (χ0v) is 14.6. The van der Waals surface area contributed by atoms with E-state index >= 15 is 0 Å². The summed E-state index contributed by atoms with van der Waals surface area (Å²) in [5.41, 5.74) is 3.46.